The number of nitrogens with two attached hydrogens (primary N) is 1. The highest BCUT2D eigenvalue weighted by Gasteiger charge is 2.53. The van der Waals surface area contributed by atoms with Crippen molar-refractivity contribution in [2.24, 2.45) is 5.73 Å². The Labute approximate surface area is 209 Å². The van der Waals surface area contributed by atoms with Crippen LogP contribution < -0.4 is 11.1 Å². The highest BCUT2D eigenvalue weighted by atomic mass is 16.3. The molecule has 1 atom stereocenters. The molecule has 34 heavy (non-hydrogen) atoms. The zero-order chi connectivity index (χ0) is 24.8. The van der Waals surface area contributed by atoms with E-state index in [1.165, 1.54) is 70.6 Å². The largest absolute Gasteiger partial charge is 0.353 e. The van der Waals surface area contributed by atoms with E-state index in [4.69, 9.17) is 5.73 Å². The molecule has 196 valence electrons. The molecular weight excluding hydrogens is 424 g/mol. The summed E-state index contributed by atoms with van der Waals surface area (Å²) < 4.78 is 2.15. The fourth-order valence-corrected chi connectivity index (χ4v) is 5.52. The first-order chi connectivity index (χ1) is 16.5. The molecule has 0 aliphatic carbocycles. The van der Waals surface area contributed by atoms with Crippen LogP contribution in [0.3, 0.4) is 0 Å². The summed E-state index contributed by atoms with van der Waals surface area (Å²) in [6.45, 7) is 9.70. The molecule has 4 N–H and O–H groups in total. The first-order valence-corrected chi connectivity index (χ1v) is 14.2. The van der Waals surface area contributed by atoms with Gasteiger partial charge in [-0.25, -0.2) is 4.90 Å². The second-order valence-corrected chi connectivity index (χ2v) is 10.4. The average Bonchev–Trinajstić information content (AvgIpc) is 3.02. The first kappa shape index (κ1) is 28.8. The quantitative estimate of drug-likeness (QED) is 0.197. The Balaban J connectivity index is 1.77. The molecular formula is C28H53N4O2+. The SMILES string of the molecule is CCCCCCCCCCCCCCC1(O)C(C)=C(C)C2=[N+](CC(=O)NCCCN)CCCN21. The Bertz CT molecular complexity index is 688. The fourth-order valence-electron chi connectivity index (χ4n) is 5.52. The van der Waals surface area contributed by atoms with E-state index >= 15 is 0 Å². The molecule has 0 saturated heterocycles. The lowest BCUT2D eigenvalue weighted by Gasteiger charge is -2.34. The molecule has 2 rings (SSSR count). The summed E-state index contributed by atoms with van der Waals surface area (Å²) >= 11 is 0. The Morgan fingerprint density at radius 2 is 1.59 bits per heavy atom. The molecule has 6 heteroatoms. The molecule has 0 saturated carbocycles. The zero-order valence-corrected chi connectivity index (χ0v) is 22.5. The smallest absolute Gasteiger partial charge is 0.278 e. The highest BCUT2D eigenvalue weighted by Crippen LogP contribution is 2.39. The summed E-state index contributed by atoms with van der Waals surface area (Å²) in [7, 11) is 0. The zero-order valence-electron chi connectivity index (χ0n) is 22.5. The molecule has 2 heterocycles. The number of carbonyl (C=O) groups excluding carboxylic acids is 1. The molecule has 2 aliphatic heterocycles. The fraction of sp³-hybridized carbons (Fsp3) is 0.857. The Morgan fingerprint density at radius 1 is 1.00 bits per heavy atom. The molecule has 1 unspecified atom stereocenters. The number of amidine groups is 1. The van der Waals surface area contributed by atoms with Gasteiger partial charge in [0.15, 0.2) is 6.54 Å². The van der Waals surface area contributed by atoms with Crippen LogP contribution in [-0.4, -0.2) is 64.8 Å². The maximum atomic E-state index is 12.4. The van der Waals surface area contributed by atoms with Gasteiger partial charge in [0.05, 0.1) is 13.1 Å². The minimum absolute atomic E-state index is 0.0321. The number of rotatable bonds is 18. The third-order valence-electron chi connectivity index (χ3n) is 7.73. The third-order valence-corrected chi connectivity index (χ3v) is 7.73. The van der Waals surface area contributed by atoms with Crippen LogP contribution in [0.15, 0.2) is 11.1 Å². The second kappa shape index (κ2) is 15.6. The number of unbranched alkanes of at least 4 members (excludes halogenated alkanes) is 11. The number of hydrogen-bond acceptors (Lipinski definition) is 4. The van der Waals surface area contributed by atoms with Crippen molar-refractivity contribution in [3.63, 3.8) is 0 Å². The summed E-state index contributed by atoms with van der Waals surface area (Å²) in [6, 6.07) is 0. The van der Waals surface area contributed by atoms with Crippen molar-refractivity contribution in [3.8, 4) is 0 Å². The molecule has 0 aromatic carbocycles. The van der Waals surface area contributed by atoms with E-state index in [1.54, 1.807) is 0 Å². The Kier molecular flexibility index (Phi) is 13.2. The number of carbonyl (C=O) groups is 1. The highest BCUT2D eigenvalue weighted by molar-refractivity contribution is 5.99. The summed E-state index contributed by atoms with van der Waals surface area (Å²) in [4.78, 5) is 14.6. The van der Waals surface area contributed by atoms with Gasteiger partial charge in [-0.1, -0.05) is 77.6 Å². The third kappa shape index (κ3) is 8.37. The first-order valence-electron chi connectivity index (χ1n) is 14.2. The van der Waals surface area contributed by atoms with Gasteiger partial charge in [-0.3, -0.25) is 9.37 Å². The van der Waals surface area contributed by atoms with Crippen LogP contribution in [0.4, 0.5) is 0 Å². The van der Waals surface area contributed by atoms with Crippen molar-refractivity contribution < 1.29 is 14.5 Å². The van der Waals surface area contributed by atoms with Crippen LogP contribution in [0, 0.1) is 0 Å². The second-order valence-electron chi connectivity index (χ2n) is 10.4. The van der Waals surface area contributed by atoms with E-state index in [0.29, 0.717) is 19.6 Å². The van der Waals surface area contributed by atoms with E-state index in [2.05, 4.69) is 35.6 Å². The van der Waals surface area contributed by atoms with Gasteiger partial charge in [-0.05, 0) is 33.2 Å². The monoisotopic (exact) mass is 477 g/mol. The number of amides is 1. The van der Waals surface area contributed by atoms with Crippen molar-refractivity contribution in [1.29, 1.82) is 0 Å². The van der Waals surface area contributed by atoms with Crippen LogP contribution in [0.2, 0.25) is 0 Å². The van der Waals surface area contributed by atoms with Crippen LogP contribution in [-0.2, 0) is 4.79 Å². The van der Waals surface area contributed by atoms with Gasteiger partial charge >= 0.3 is 0 Å². The molecule has 0 radical (unpaired) electrons. The summed E-state index contributed by atoms with van der Waals surface area (Å²) in [5.74, 6) is 1.09. The standard InChI is InChI=1S/C28H52N4O2/c1-4-5-6-7-8-9-10-11-12-13-14-15-18-28(34)25(3)24(2)27-31(21-17-22-32(27)28)23-26(33)30-20-16-19-29/h34H,4-23,29H2,1-3H3/p+1. The van der Waals surface area contributed by atoms with Crippen LogP contribution in [0.25, 0.3) is 0 Å². The molecule has 0 aromatic rings. The van der Waals surface area contributed by atoms with Gasteiger partial charge < -0.3 is 16.2 Å². The van der Waals surface area contributed by atoms with Crippen LogP contribution in [0.5, 0.6) is 0 Å². The summed E-state index contributed by atoms with van der Waals surface area (Å²) in [6.07, 6.45) is 18.4. The van der Waals surface area contributed by atoms with Crippen molar-refractivity contribution in [1.82, 2.24) is 10.2 Å². The number of nitrogens with zero attached hydrogens (tertiary/aromatic N) is 2. The summed E-state index contributed by atoms with van der Waals surface area (Å²) in [5, 5.41) is 14.7. The van der Waals surface area contributed by atoms with Crippen molar-refractivity contribution in [2.45, 2.75) is 123 Å². The topological polar surface area (TPSA) is 81.6 Å². The molecule has 0 fully saturated rings. The maximum Gasteiger partial charge on any atom is 0.278 e. The molecule has 6 nitrogen and oxygen atoms in total. The van der Waals surface area contributed by atoms with E-state index < -0.39 is 5.72 Å². The number of nitrogens with one attached hydrogen (secondary N) is 1. The average molecular weight is 478 g/mol. The molecule has 0 aromatic heterocycles. The van der Waals surface area contributed by atoms with Crippen molar-refractivity contribution in [3.05, 3.63) is 11.1 Å². The molecule has 2 aliphatic rings. The lowest BCUT2D eigenvalue weighted by Crippen LogP contribution is -2.54. The normalized spacial score (nSPS) is 20.3. The number of hydrogen-bond donors (Lipinski definition) is 3. The minimum Gasteiger partial charge on any atom is -0.353 e. The van der Waals surface area contributed by atoms with E-state index in [0.717, 1.165) is 55.8 Å². The molecule has 0 spiro atoms. The van der Waals surface area contributed by atoms with Crippen LogP contribution in [0.1, 0.15) is 117 Å². The van der Waals surface area contributed by atoms with Gasteiger partial charge in [-0.2, -0.15) is 0 Å². The van der Waals surface area contributed by atoms with Crippen molar-refractivity contribution >= 4 is 11.7 Å². The predicted molar refractivity (Wildman–Crippen MR) is 142 cm³/mol. The van der Waals surface area contributed by atoms with E-state index in [9.17, 15) is 9.90 Å². The Hall–Kier alpha value is -1.40. The van der Waals surface area contributed by atoms with Gasteiger partial charge in [-0.15, -0.1) is 0 Å². The van der Waals surface area contributed by atoms with Gasteiger partial charge in [0, 0.05) is 30.5 Å². The van der Waals surface area contributed by atoms with Gasteiger partial charge in [0.1, 0.15) is 0 Å². The van der Waals surface area contributed by atoms with Gasteiger partial charge in [0.25, 0.3) is 11.7 Å². The van der Waals surface area contributed by atoms with Crippen molar-refractivity contribution in [2.75, 3.05) is 32.7 Å². The number of aliphatic hydroxyl groups is 1. The number of fused-ring (bicyclic) bond motifs is 1. The summed E-state index contributed by atoms with van der Waals surface area (Å²) in [5.41, 5.74) is 6.83. The van der Waals surface area contributed by atoms with E-state index in [-0.39, 0.29) is 5.91 Å². The minimum atomic E-state index is -0.896. The van der Waals surface area contributed by atoms with Crippen LogP contribution >= 0.6 is 0 Å². The molecule has 0 bridgehead atoms. The Morgan fingerprint density at radius 3 is 2.18 bits per heavy atom. The lowest BCUT2D eigenvalue weighted by atomic mass is 9.96. The van der Waals surface area contributed by atoms with E-state index in [1.807, 2.05) is 0 Å². The lowest BCUT2D eigenvalue weighted by molar-refractivity contribution is -0.528. The maximum absolute atomic E-state index is 12.4. The van der Waals surface area contributed by atoms with Gasteiger partial charge in [0.2, 0.25) is 5.72 Å². The molecule has 1 amide bonds. The predicted octanol–water partition coefficient (Wildman–Crippen LogP) is 4.70.